The third-order valence-corrected chi connectivity index (χ3v) is 2.58. The first-order valence-electron chi connectivity index (χ1n) is 5.71. The van der Waals surface area contributed by atoms with E-state index in [4.69, 9.17) is 5.11 Å². The van der Waals surface area contributed by atoms with Gasteiger partial charge in [-0.1, -0.05) is 6.07 Å². The SMILES string of the molecule is O=C(O)CNc1cccc(F)c1C1=NCCCN1. The van der Waals surface area contributed by atoms with Crippen molar-refractivity contribution in [2.45, 2.75) is 6.42 Å². The first-order valence-corrected chi connectivity index (χ1v) is 5.71. The van der Waals surface area contributed by atoms with Gasteiger partial charge in [-0.3, -0.25) is 9.79 Å². The molecular formula is C12H14FN3O2. The first kappa shape index (κ1) is 12.3. The van der Waals surface area contributed by atoms with Crippen LogP contribution < -0.4 is 10.6 Å². The van der Waals surface area contributed by atoms with Crippen LogP contribution in [-0.2, 0) is 4.79 Å². The van der Waals surface area contributed by atoms with Crippen molar-refractivity contribution in [1.29, 1.82) is 0 Å². The molecule has 1 aliphatic heterocycles. The van der Waals surface area contributed by atoms with E-state index in [1.54, 1.807) is 6.07 Å². The number of carbonyl (C=O) groups is 1. The molecule has 3 N–H and O–H groups in total. The maximum absolute atomic E-state index is 13.9. The van der Waals surface area contributed by atoms with Gasteiger partial charge in [-0.2, -0.15) is 0 Å². The Labute approximate surface area is 104 Å². The summed E-state index contributed by atoms with van der Waals surface area (Å²) in [7, 11) is 0. The molecule has 0 saturated heterocycles. The van der Waals surface area contributed by atoms with Crippen molar-refractivity contribution in [3.63, 3.8) is 0 Å². The fraction of sp³-hybridized carbons (Fsp3) is 0.333. The lowest BCUT2D eigenvalue weighted by Gasteiger charge is -2.18. The Morgan fingerprint density at radius 1 is 1.56 bits per heavy atom. The molecule has 2 rings (SSSR count). The third-order valence-electron chi connectivity index (χ3n) is 2.58. The Morgan fingerprint density at radius 2 is 2.39 bits per heavy atom. The highest BCUT2D eigenvalue weighted by Gasteiger charge is 2.16. The Morgan fingerprint density at radius 3 is 3.06 bits per heavy atom. The van der Waals surface area contributed by atoms with Gasteiger partial charge in [-0.05, 0) is 18.6 Å². The minimum absolute atomic E-state index is 0.260. The standard InChI is InChI=1S/C12H14FN3O2/c13-8-3-1-4-9(16-7-10(17)18)11(8)12-14-5-2-6-15-12/h1,3-4,16H,2,5-7H2,(H,14,15)(H,17,18). The summed E-state index contributed by atoms with van der Waals surface area (Å²) in [6.45, 7) is 1.13. The highest BCUT2D eigenvalue weighted by molar-refractivity contribution is 6.04. The second kappa shape index (κ2) is 5.48. The third kappa shape index (κ3) is 2.77. The van der Waals surface area contributed by atoms with Crippen molar-refractivity contribution < 1.29 is 14.3 Å². The highest BCUT2D eigenvalue weighted by atomic mass is 19.1. The van der Waals surface area contributed by atoms with Crippen LogP contribution in [0.4, 0.5) is 10.1 Å². The number of hydrogen-bond donors (Lipinski definition) is 3. The van der Waals surface area contributed by atoms with Crippen LogP contribution in [0, 0.1) is 5.82 Å². The fourth-order valence-corrected chi connectivity index (χ4v) is 1.78. The van der Waals surface area contributed by atoms with E-state index in [-0.39, 0.29) is 6.54 Å². The summed E-state index contributed by atoms with van der Waals surface area (Å²) < 4.78 is 13.9. The molecule has 6 heteroatoms. The lowest BCUT2D eigenvalue weighted by Crippen LogP contribution is -2.32. The van der Waals surface area contributed by atoms with E-state index in [0.29, 0.717) is 23.6 Å². The monoisotopic (exact) mass is 251 g/mol. The Bertz CT molecular complexity index is 488. The zero-order chi connectivity index (χ0) is 13.0. The minimum atomic E-state index is -0.997. The molecular weight excluding hydrogens is 237 g/mol. The van der Waals surface area contributed by atoms with Crippen LogP contribution in [0.25, 0.3) is 0 Å². The molecule has 0 fully saturated rings. The van der Waals surface area contributed by atoms with Crippen LogP contribution in [-0.4, -0.2) is 36.5 Å². The number of amidine groups is 1. The largest absolute Gasteiger partial charge is 0.480 e. The van der Waals surface area contributed by atoms with Crippen LogP contribution in [0.15, 0.2) is 23.2 Å². The van der Waals surface area contributed by atoms with Gasteiger partial charge in [0.1, 0.15) is 18.2 Å². The number of carboxylic acid groups (broad SMARTS) is 1. The average molecular weight is 251 g/mol. The number of halogens is 1. The van der Waals surface area contributed by atoms with Gasteiger partial charge < -0.3 is 15.7 Å². The molecule has 18 heavy (non-hydrogen) atoms. The van der Waals surface area contributed by atoms with Crippen LogP contribution >= 0.6 is 0 Å². The molecule has 0 spiro atoms. The minimum Gasteiger partial charge on any atom is -0.480 e. The quantitative estimate of drug-likeness (QED) is 0.748. The number of carboxylic acids is 1. The zero-order valence-corrected chi connectivity index (χ0v) is 9.74. The van der Waals surface area contributed by atoms with E-state index < -0.39 is 11.8 Å². The maximum atomic E-state index is 13.9. The molecule has 1 aliphatic rings. The van der Waals surface area contributed by atoms with E-state index >= 15 is 0 Å². The number of hydrogen-bond acceptors (Lipinski definition) is 4. The van der Waals surface area contributed by atoms with Gasteiger partial charge in [-0.15, -0.1) is 0 Å². The maximum Gasteiger partial charge on any atom is 0.322 e. The summed E-state index contributed by atoms with van der Waals surface area (Å²) in [4.78, 5) is 14.8. The van der Waals surface area contributed by atoms with Gasteiger partial charge in [0, 0.05) is 18.8 Å². The van der Waals surface area contributed by atoms with Crippen LogP contribution in [0.5, 0.6) is 0 Å². The number of rotatable bonds is 4. The van der Waals surface area contributed by atoms with Gasteiger partial charge in [0.25, 0.3) is 0 Å². The number of benzene rings is 1. The smallest absolute Gasteiger partial charge is 0.322 e. The predicted molar refractivity (Wildman–Crippen MR) is 66.5 cm³/mol. The van der Waals surface area contributed by atoms with E-state index in [9.17, 15) is 9.18 Å². The van der Waals surface area contributed by atoms with Crippen LogP contribution in [0.1, 0.15) is 12.0 Å². The van der Waals surface area contributed by atoms with Gasteiger partial charge in [0.15, 0.2) is 0 Å². The molecule has 0 atom stereocenters. The average Bonchev–Trinajstić information content (AvgIpc) is 2.37. The predicted octanol–water partition coefficient (Wildman–Crippen LogP) is 1.06. The molecule has 0 aromatic heterocycles. The first-order chi connectivity index (χ1) is 8.68. The number of anilines is 1. The molecule has 96 valence electrons. The normalized spacial score (nSPS) is 14.6. The second-order valence-corrected chi connectivity index (χ2v) is 3.92. The molecule has 1 aromatic rings. The molecule has 1 heterocycles. The molecule has 0 unspecified atom stereocenters. The Balaban J connectivity index is 2.31. The Hall–Kier alpha value is -2.11. The van der Waals surface area contributed by atoms with Crippen LogP contribution in [0.3, 0.4) is 0 Å². The zero-order valence-electron chi connectivity index (χ0n) is 9.74. The van der Waals surface area contributed by atoms with Gasteiger partial charge in [0.2, 0.25) is 0 Å². The van der Waals surface area contributed by atoms with Crippen molar-refractivity contribution in [2.24, 2.45) is 4.99 Å². The molecule has 1 aromatic carbocycles. The summed E-state index contributed by atoms with van der Waals surface area (Å²) >= 11 is 0. The van der Waals surface area contributed by atoms with E-state index in [0.717, 1.165) is 13.0 Å². The summed E-state index contributed by atoms with van der Waals surface area (Å²) in [6.07, 6.45) is 0.913. The van der Waals surface area contributed by atoms with E-state index in [1.807, 2.05) is 0 Å². The van der Waals surface area contributed by atoms with Gasteiger partial charge >= 0.3 is 5.97 Å². The van der Waals surface area contributed by atoms with Crippen molar-refractivity contribution in [3.05, 3.63) is 29.6 Å². The number of aliphatic carboxylic acids is 1. The lowest BCUT2D eigenvalue weighted by molar-refractivity contribution is -0.134. The Kier molecular flexibility index (Phi) is 3.76. The molecule has 0 aliphatic carbocycles. The molecule has 0 bridgehead atoms. The van der Waals surface area contributed by atoms with Crippen molar-refractivity contribution in [1.82, 2.24) is 5.32 Å². The van der Waals surface area contributed by atoms with Crippen LogP contribution in [0.2, 0.25) is 0 Å². The van der Waals surface area contributed by atoms with E-state index in [1.165, 1.54) is 12.1 Å². The van der Waals surface area contributed by atoms with Gasteiger partial charge in [0.05, 0.1) is 5.56 Å². The fourth-order valence-electron chi connectivity index (χ4n) is 1.78. The number of nitrogens with one attached hydrogen (secondary N) is 2. The molecule has 0 radical (unpaired) electrons. The molecule has 0 amide bonds. The number of aliphatic imine (C=N–C) groups is 1. The van der Waals surface area contributed by atoms with Gasteiger partial charge in [-0.25, -0.2) is 4.39 Å². The summed E-state index contributed by atoms with van der Waals surface area (Å²) in [6, 6.07) is 4.51. The topological polar surface area (TPSA) is 73.7 Å². The summed E-state index contributed by atoms with van der Waals surface area (Å²) in [5, 5.41) is 14.4. The molecule has 0 saturated carbocycles. The highest BCUT2D eigenvalue weighted by Crippen LogP contribution is 2.20. The summed E-state index contributed by atoms with van der Waals surface area (Å²) in [5.41, 5.74) is 0.740. The van der Waals surface area contributed by atoms with Crippen molar-refractivity contribution >= 4 is 17.5 Å². The second-order valence-electron chi connectivity index (χ2n) is 3.92. The van der Waals surface area contributed by atoms with Crippen molar-refractivity contribution in [3.8, 4) is 0 Å². The van der Waals surface area contributed by atoms with E-state index in [2.05, 4.69) is 15.6 Å². The summed E-state index contributed by atoms with van der Waals surface area (Å²) in [5.74, 6) is -0.936. The molecule has 5 nitrogen and oxygen atoms in total. The lowest BCUT2D eigenvalue weighted by atomic mass is 10.1. The number of nitrogens with zero attached hydrogens (tertiary/aromatic N) is 1. The van der Waals surface area contributed by atoms with Crippen molar-refractivity contribution in [2.75, 3.05) is 25.0 Å².